The van der Waals surface area contributed by atoms with Crippen molar-refractivity contribution in [2.75, 3.05) is 10.6 Å². The van der Waals surface area contributed by atoms with Gasteiger partial charge in [-0.05, 0) is 63.3 Å². The van der Waals surface area contributed by atoms with E-state index in [1.165, 1.54) is 18.9 Å². The molecule has 1 unspecified atom stereocenters. The van der Waals surface area contributed by atoms with E-state index in [1.807, 2.05) is 26.0 Å². The first kappa shape index (κ1) is 21.8. The van der Waals surface area contributed by atoms with Gasteiger partial charge in [-0.3, -0.25) is 0 Å². The van der Waals surface area contributed by atoms with Gasteiger partial charge in [0.25, 0.3) is 0 Å². The van der Waals surface area contributed by atoms with E-state index in [-0.39, 0.29) is 28.6 Å². The molecule has 9 heteroatoms. The summed E-state index contributed by atoms with van der Waals surface area (Å²) in [4.78, 5) is 24.9. The normalized spacial score (nSPS) is 15.1. The first-order chi connectivity index (χ1) is 15.3. The van der Waals surface area contributed by atoms with Crippen molar-refractivity contribution in [1.82, 2.24) is 15.0 Å². The van der Waals surface area contributed by atoms with Gasteiger partial charge < -0.3 is 15.7 Å². The van der Waals surface area contributed by atoms with Crippen LogP contribution < -0.4 is 10.6 Å². The van der Waals surface area contributed by atoms with Crippen LogP contribution in [0.4, 0.5) is 11.5 Å². The lowest BCUT2D eigenvalue weighted by molar-refractivity contribution is 0.0691. The number of nitriles is 1. The molecule has 2 heterocycles. The van der Waals surface area contributed by atoms with Gasteiger partial charge in [-0.2, -0.15) is 5.26 Å². The molecule has 0 radical (unpaired) electrons. The van der Waals surface area contributed by atoms with Crippen molar-refractivity contribution in [3.05, 3.63) is 51.9 Å². The highest BCUT2D eigenvalue weighted by atomic mass is 35.5. The number of anilines is 2. The summed E-state index contributed by atoms with van der Waals surface area (Å²) in [5, 5.41) is 25.8. The second-order valence-corrected chi connectivity index (χ2v) is 8.61. The number of aromatic carboxylic acids is 1. The van der Waals surface area contributed by atoms with Crippen LogP contribution in [-0.2, 0) is 0 Å². The third-order valence-electron chi connectivity index (χ3n) is 5.65. The number of halogens is 1. The molecule has 0 saturated heterocycles. The van der Waals surface area contributed by atoms with Crippen molar-refractivity contribution < 1.29 is 9.90 Å². The van der Waals surface area contributed by atoms with Crippen LogP contribution in [0.2, 0.25) is 5.15 Å². The molecule has 3 aromatic rings. The Hall–Kier alpha value is -3.44. The van der Waals surface area contributed by atoms with Gasteiger partial charge in [0, 0.05) is 11.6 Å². The number of benzene rings is 1. The maximum Gasteiger partial charge on any atom is 0.356 e. The highest BCUT2D eigenvalue weighted by Crippen LogP contribution is 2.35. The fraction of sp³-hybridized carbons (Fsp3) is 0.348. The van der Waals surface area contributed by atoms with Gasteiger partial charge in [-0.25, -0.2) is 19.7 Å². The largest absolute Gasteiger partial charge is 0.476 e. The van der Waals surface area contributed by atoms with Crippen molar-refractivity contribution in [3.8, 4) is 6.07 Å². The minimum atomic E-state index is -1.17. The zero-order chi connectivity index (χ0) is 23.0. The van der Waals surface area contributed by atoms with E-state index in [2.05, 4.69) is 33.6 Å². The van der Waals surface area contributed by atoms with E-state index in [9.17, 15) is 15.2 Å². The Morgan fingerprint density at radius 3 is 2.62 bits per heavy atom. The van der Waals surface area contributed by atoms with E-state index >= 15 is 0 Å². The van der Waals surface area contributed by atoms with Crippen molar-refractivity contribution >= 4 is 40.1 Å². The lowest BCUT2D eigenvalue weighted by Crippen LogP contribution is -2.20. The molecule has 0 spiro atoms. The minimum absolute atomic E-state index is 0.108. The number of hydrogen-bond donors (Lipinski definition) is 3. The lowest BCUT2D eigenvalue weighted by Gasteiger charge is -2.20. The third-order valence-corrected chi connectivity index (χ3v) is 5.86. The van der Waals surface area contributed by atoms with Crippen LogP contribution in [0.1, 0.15) is 60.0 Å². The fourth-order valence-corrected chi connectivity index (χ4v) is 3.94. The van der Waals surface area contributed by atoms with E-state index in [0.717, 1.165) is 11.1 Å². The molecule has 0 aliphatic heterocycles. The van der Waals surface area contributed by atoms with E-state index in [1.54, 1.807) is 6.07 Å². The van der Waals surface area contributed by atoms with E-state index in [4.69, 9.17) is 16.6 Å². The fourth-order valence-electron chi connectivity index (χ4n) is 3.80. The van der Waals surface area contributed by atoms with Crippen molar-refractivity contribution in [1.29, 1.82) is 5.26 Å². The summed E-state index contributed by atoms with van der Waals surface area (Å²) in [6.07, 6.45) is 2.34. The van der Waals surface area contributed by atoms with Gasteiger partial charge in [-0.15, -0.1) is 0 Å². The molecular weight excluding hydrogens is 428 g/mol. The number of fused-ring (bicyclic) bond motifs is 1. The zero-order valence-electron chi connectivity index (χ0n) is 18.0. The SMILES string of the molecule is Cc1cc([C@@H](C)Nc2ccc(Cl)nc2C(=O)O)c2nc(NC(C)C3CC3)c(C#N)nc2c1. The number of pyridine rings is 1. The summed E-state index contributed by atoms with van der Waals surface area (Å²) in [6, 6.07) is 9.05. The van der Waals surface area contributed by atoms with Crippen LogP contribution in [0.5, 0.6) is 0 Å². The molecule has 2 aromatic heterocycles. The molecule has 1 saturated carbocycles. The molecule has 4 rings (SSSR count). The Balaban J connectivity index is 1.76. The average molecular weight is 451 g/mol. The van der Waals surface area contributed by atoms with Gasteiger partial charge in [0.05, 0.1) is 22.8 Å². The first-order valence-electron chi connectivity index (χ1n) is 10.4. The minimum Gasteiger partial charge on any atom is -0.476 e. The predicted molar refractivity (Wildman–Crippen MR) is 123 cm³/mol. The first-order valence-corrected chi connectivity index (χ1v) is 10.8. The Morgan fingerprint density at radius 2 is 1.97 bits per heavy atom. The van der Waals surface area contributed by atoms with Gasteiger partial charge in [0.15, 0.2) is 17.2 Å². The van der Waals surface area contributed by atoms with Crippen LogP contribution in [0.3, 0.4) is 0 Å². The molecule has 8 nitrogen and oxygen atoms in total. The smallest absolute Gasteiger partial charge is 0.356 e. The maximum absolute atomic E-state index is 11.6. The van der Waals surface area contributed by atoms with Crippen molar-refractivity contribution in [2.24, 2.45) is 5.92 Å². The molecule has 0 bridgehead atoms. The number of nitrogens with zero attached hydrogens (tertiary/aromatic N) is 4. The second-order valence-electron chi connectivity index (χ2n) is 8.23. The number of carboxylic acid groups (broad SMARTS) is 1. The molecule has 0 amide bonds. The Labute approximate surface area is 190 Å². The monoisotopic (exact) mass is 450 g/mol. The van der Waals surface area contributed by atoms with Crippen LogP contribution in [0.25, 0.3) is 11.0 Å². The standard InChI is InChI=1S/C23H23ClN6O2/c1-11-8-15(13(3)26-16-6-7-19(24)29-21(16)23(31)32)20-17(9-11)28-18(10-25)22(30-20)27-12(2)14-4-5-14/h6-9,12-14,26H,4-5H2,1-3H3,(H,27,30)(H,31,32)/t12?,13-/m1/s1. The summed E-state index contributed by atoms with van der Waals surface area (Å²) < 4.78 is 0. The summed E-state index contributed by atoms with van der Waals surface area (Å²) in [6.45, 7) is 5.94. The number of aryl methyl sites for hydroxylation is 1. The highest BCUT2D eigenvalue weighted by Gasteiger charge is 2.29. The number of rotatable bonds is 7. The summed E-state index contributed by atoms with van der Waals surface area (Å²) in [7, 11) is 0. The molecule has 2 atom stereocenters. The zero-order valence-corrected chi connectivity index (χ0v) is 18.7. The van der Waals surface area contributed by atoms with Crippen LogP contribution in [0, 0.1) is 24.2 Å². The molecule has 164 valence electrons. The summed E-state index contributed by atoms with van der Waals surface area (Å²) >= 11 is 5.87. The van der Waals surface area contributed by atoms with Gasteiger partial charge >= 0.3 is 5.97 Å². The lowest BCUT2D eigenvalue weighted by atomic mass is 10.0. The van der Waals surface area contributed by atoms with E-state index in [0.29, 0.717) is 28.5 Å². The van der Waals surface area contributed by atoms with E-state index < -0.39 is 5.97 Å². The highest BCUT2D eigenvalue weighted by molar-refractivity contribution is 6.29. The average Bonchev–Trinajstić information content (AvgIpc) is 3.59. The number of aromatic nitrogens is 3. The van der Waals surface area contributed by atoms with Crippen molar-refractivity contribution in [3.63, 3.8) is 0 Å². The van der Waals surface area contributed by atoms with Crippen molar-refractivity contribution in [2.45, 2.75) is 45.7 Å². The quantitative estimate of drug-likeness (QED) is 0.432. The number of hydrogen-bond acceptors (Lipinski definition) is 7. The summed E-state index contributed by atoms with van der Waals surface area (Å²) in [5.74, 6) is -0.115. The van der Waals surface area contributed by atoms with Gasteiger partial charge in [0.1, 0.15) is 11.2 Å². The summed E-state index contributed by atoms with van der Waals surface area (Å²) in [5.41, 5.74) is 3.52. The van der Waals surface area contributed by atoms with Crippen LogP contribution in [0.15, 0.2) is 24.3 Å². The molecule has 1 fully saturated rings. The number of carbonyl (C=O) groups is 1. The molecule has 1 aliphatic carbocycles. The Morgan fingerprint density at radius 1 is 1.22 bits per heavy atom. The molecule has 32 heavy (non-hydrogen) atoms. The predicted octanol–water partition coefficient (Wildman–Crippen LogP) is 4.94. The maximum atomic E-state index is 11.6. The van der Waals surface area contributed by atoms with Crippen LogP contribution >= 0.6 is 11.6 Å². The van der Waals surface area contributed by atoms with Crippen LogP contribution in [-0.4, -0.2) is 32.1 Å². The molecular formula is C23H23ClN6O2. The molecule has 1 aromatic carbocycles. The molecule has 3 N–H and O–H groups in total. The number of carboxylic acids is 1. The second kappa shape index (κ2) is 8.60. The van der Waals surface area contributed by atoms with Gasteiger partial charge in [-0.1, -0.05) is 17.7 Å². The Kier molecular flexibility index (Phi) is 5.85. The third kappa shape index (κ3) is 4.43. The topological polar surface area (TPSA) is 124 Å². The number of nitrogens with one attached hydrogen (secondary N) is 2. The Bertz CT molecular complexity index is 1250. The van der Waals surface area contributed by atoms with Gasteiger partial charge in [0.2, 0.25) is 0 Å². The molecule has 1 aliphatic rings.